The molecular weight excluding hydrogens is 404 g/mol. The molecule has 0 bridgehead atoms. The predicted octanol–water partition coefficient (Wildman–Crippen LogP) is 3.29. The lowest BCUT2D eigenvalue weighted by Gasteiger charge is -2.31. The molecule has 2 fully saturated rings. The summed E-state index contributed by atoms with van der Waals surface area (Å²) in [6.07, 6.45) is 1.04. The van der Waals surface area contributed by atoms with Crippen molar-refractivity contribution < 1.29 is 23.1 Å². The van der Waals surface area contributed by atoms with Crippen LogP contribution in [0.3, 0.4) is 0 Å². The van der Waals surface area contributed by atoms with E-state index in [1.807, 2.05) is 4.90 Å². The van der Waals surface area contributed by atoms with Gasteiger partial charge in [0.1, 0.15) is 11.6 Å². The van der Waals surface area contributed by atoms with Crippen molar-refractivity contribution in [2.24, 2.45) is 5.92 Å². The maximum absolute atomic E-state index is 14.6. The summed E-state index contributed by atoms with van der Waals surface area (Å²) >= 11 is 0. The van der Waals surface area contributed by atoms with Crippen LogP contribution in [-0.2, 0) is 9.53 Å². The molecule has 0 radical (unpaired) electrons. The summed E-state index contributed by atoms with van der Waals surface area (Å²) in [6.45, 7) is 3.30. The number of rotatable bonds is 4. The van der Waals surface area contributed by atoms with Crippen LogP contribution < -0.4 is 10.2 Å². The Morgan fingerprint density at radius 3 is 2.26 bits per heavy atom. The van der Waals surface area contributed by atoms with Crippen LogP contribution in [0.5, 0.6) is 0 Å². The van der Waals surface area contributed by atoms with Gasteiger partial charge in [-0.2, -0.15) is 0 Å². The van der Waals surface area contributed by atoms with Crippen LogP contribution in [0.25, 0.3) is 0 Å². The number of halogens is 2. The molecule has 31 heavy (non-hydrogen) atoms. The fraction of sp³-hybridized carbons (Fsp3) is 0.391. The minimum Gasteiger partial charge on any atom is -0.378 e. The SMILES string of the molecule is O=C(Nc1ccc(N2CCOCC2)c(F)c1)C1CCN(C(=O)c2ccc(F)cc2)CC1. The van der Waals surface area contributed by atoms with E-state index >= 15 is 0 Å². The number of piperidine rings is 1. The standard InChI is InChI=1S/C23H25F2N3O3/c24-18-3-1-17(2-4-18)23(30)28-9-7-16(8-10-28)22(29)26-19-5-6-21(20(25)15-19)27-11-13-31-14-12-27/h1-6,15-16H,7-14H2,(H,26,29). The molecule has 2 heterocycles. The highest BCUT2D eigenvalue weighted by atomic mass is 19.1. The first kappa shape index (κ1) is 21.2. The third kappa shape index (κ3) is 5.02. The van der Waals surface area contributed by atoms with Crippen LogP contribution in [0.4, 0.5) is 20.2 Å². The second kappa shape index (κ2) is 9.43. The molecule has 0 unspecified atom stereocenters. The van der Waals surface area contributed by atoms with Crippen LogP contribution in [0.2, 0.25) is 0 Å². The van der Waals surface area contributed by atoms with Crippen LogP contribution >= 0.6 is 0 Å². The number of benzene rings is 2. The molecule has 6 nitrogen and oxygen atoms in total. The van der Waals surface area contributed by atoms with E-state index in [0.717, 1.165) is 0 Å². The van der Waals surface area contributed by atoms with Gasteiger partial charge in [-0.15, -0.1) is 0 Å². The number of nitrogens with one attached hydrogen (secondary N) is 1. The maximum Gasteiger partial charge on any atom is 0.253 e. The van der Waals surface area contributed by atoms with E-state index in [2.05, 4.69) is 5.32 Å². The van der Waals surface area contributed by atoms with Crippen molar-refractivity contribution in [3.05, 3.63) is 59.7 Å². The summed E-state index contributed by atoms with van der Waals surface area (Å²) in [7, 11) is 0. The number of amides is 2. The van der Waals surface area contributed by atoms with Gasteiger partial charge in [0.05, 0.1) is 18.9 Å². The normalized spacial score (nSPS) is 17.5. The molecule has 0 aromatic heterocycles. The smallest absolute Gasteiger partial charge is 0.253 e. The number of hydrogen-bond acceptors (Lipinski definition) is 4. The minimum absolute atomic E-state index is 0.167. The van der Waals surface area contributed by atoms with Crippen molar-refractivity contribution in [3.63, 3.8) is 0 Å². The summed E-state index contributed by atoms with van der Waals surface area (Å²) in [6, 6.07) is 10.2. The molecule has 2 saturated heterocycles. The highest BCUT2D eigenvalue weighted by Gasteiger charge is 2.28. The molecule has 2 aromatic rings. The van der Waals surface area contributed by atoms with Crippen molar-refractivity contribution >= 4 is 23.2 Å². The van der Waals surface area contributed by atoms with E-state index in [1.165, 1.54) is 30.3 Å². The number of likely N-dealkylation sites (tertiary alicyclic amines) is 1. The lowest BCUT2D eigenvalue weighted by atomic mass is 9.95. The summed E-state index contributed by atoms with van der Waals surface area (Å²) in [5.74, 6) is -1.35. The zero-order chi connectivity index (χ0) is 21.8. The molecule has 2 aliphatic heterocycles. The first-order chi connectivity index (χ1) is 15.0. The molecule has 0 spiro atoms. The molecule has 8 heteroatoms. The fourth-order valence-electron chi connectivity index (χ4n) is 4.01. The Morgan fingerprint density at radius 1 is 0.935 bits per heavy atom. The molecule has 1 N–H and O–H groups in total. The van der Waals surface area contributed by atoms with E-state index in [1.54, 1.807) is 17.0 Å². The molecule has 0 saturated carbocycles. The number of nitrogens with zero attached hydrogens (tertiary/aromatic N) is 2. The molecule has 4 rings (SSSR count). The number of anilines is 2. The van der Waals surface area contributed by atoms with Gasteiger partial charge in [-0.1, -0.05) is 0 Å². The third-order valence-electron chi connectivity index (χ3n) is 5.81. The van der Waals surface area contributed by atoms with Gasteiger partial charge >= 0.3 is 0 Å². The second-order valence-electron chi connectivity index (χ2n) is 7.83. The van der Waals surface area contributed by atoms with E-state index in [-0.39, 0.29) is 29.4 Å². The molecule has 164 valence electrons. The summed E-state index contributed by atoms with van der Waals surface area (Å²) in [4.78, 5) is 28.8. The zero-order valence-corrected chi connectivity index (χ0v) is 17.2. The molecule has 2 aromatic carbocycles. The van der Waals surface area contributed by atoms with Crippen LogP contribution in [0, 0.1) is 17.6 Å². The van der Waals surface area contributed by atoms with Gasteiger partial charge in [0, 0.05) is 43.3 Å². The highest BCUT2D eigenvalue weighted by molar-refractivity contribution is 5.95. The number of ether oxygens (including phenoxy) is 1. The fourth-order valence-corrected chi connectivity index (χ4v) is 4.01. The number of hydrogen-bond donors (Lipinski definition) is 1. The first-order valence-corrected chi connectivity index (χ1v) is 10.5. The monoisotopic (exact) mass is 429 g/mol. The number of carbonyl (C=O) groups excluding carboxylic acids is 2. The van der Waals surface area contributed by atoms with Gasteiger partial charge in [-0.25, -0.2) is 8.78 Å². The second-order valence-corrected chi connectivity index (χ2v) is 7.83. The lowest BCUT2D eigenvalue weighted by Crippen LogP contribution is -2.41. The Balaban J connectivity index is 1.31. The Morgan fingerprint density at radius 2 is 1.61 bits per heavy atom. The average Bonchev–Trinajstić information content (AvgIpc) is 2.80. The van der Waals surface area contributed by atoms with Crippen molar-refractivity contribution in [3.8, 4) is 0 Å². The molecule has 0 aliphatic carbocycles. The van der Waals surface area contributed by atoms with Gasteiger partial charge in [-0.05, 0) is 55.3 Å². The van der Waals surface area contributed by atoms with E-state index in [9.17, 15) is 18.4 Å². The average molecular weight is 429 g/mol. The van der Waals surface area contributed by atoms with Crippen LogP contribution in [-0.4, -0.2) is 56.1 Å². The van der Waals surface area contributed by atoms with Gasteiger partial charge in [-0.3, -0.25) is 9.59 Å². The Bertz CT molecular complexity index is 938. The number of carbonyl (C=O) groups is 2. The molecular formula is C23H25F2N3O3. The first-order valence-electron chi connectivity index (χ1n) is 10.5. The quantitative estimate of drug-likeness (QED) is 0.810. The van der Waals surface area contributed by atoms with Crippen molar-refractivity contribution in [2.45, 2.75) is 12.8 Å². The summed E-state index contributed by atoms with van der Waals surface area (Å²) in [5.41, 5.74) is 1.36. The van der Waals surface area contributed by atoms with Crippen molar-refractivity contribution in [1.82, 2.24) is 4.90 Å². The summed E-state index contributed by atoms with van der Waals surface area (Å²) < 4.78 is 32.9. The minimum atomic E-state index is -0.388. The predicted molar refractivity (Wildman–Crippen MR) is 113 cm³/mol. The van der Waals surface area contributed by atoms with E-state index in [4.69, 9.17) is 4.74 Å². The highest BCUT2D eigenvalue weighted by Crippen LogP contribution is 2.25. The van der Waals surface area contributed by atoms with Crippen LogP contribution in [0.1, 0.15) is 23.2 Å². The third-order valence-corrected chi connectivity index (χ3v) is 5.81. The largest absolute Gasteiger partial charge is 0.378 e. The Labute approximate surface area is 179 Å². The molecule has 0 atom stereocenters. The van der Waals surface area contributed by atoms with Gasteiger partial charge in [0.15, 0.2) is 0 Å². The molecule has 2 aliphatic rings. The lowest BCUT2D eigenvalue weighted by molar-refractivity contribution is -0.121. The Hall–Kier alpha value is -3.00. The van der Waals surface area contributed by atoms with Gasteiger partial charge in [0.25, 0.3) is 5.91 Å². The van der Waals surface area contributed by atoms with Gasteiger partial charge in [0.2, 0.25) is 5.91 Å². The van der Waals surface area contributed by atoms with Gasteiger partial charge < -0.3 is 19.9 Å². The van der Waals surface area contributed by atoms with Crippen molar-refractivity contribution in [1.29, 1.82) is 0 Å². The number of morpholine rings is 1. The molecule has 2 amide bonds. The van der Waals surface area contributed by atoms with Crippen molar-refractivity contribution in [2.75, 3.05) is 49.6 Å². The summed E-state index contributed by atoms with van der Waals surface area (Å²) in [5, 5.41) is 2.80. The van der Waals surface area contributed by atoms with E-state index < -0.39 is 0 Å². The topological polar surface area (TPSA) is 61.9 Å². The van der Waals surface area contributed by atoms with E-state index in [0.29, 0.717) is 69.2 Å². The maximum atomic E-state index is 14.6. The Kier molecular flexibility index (Phi) is 6.46. The van der Waals surface area contributed by atoms with Crippen LogP contribution in [0.15, 0.2) is 42.5 Å². The zero-order valence-electron chi connectivity index (χ0n) is 17.2.